The van der Waals surface area contributed by atoms with Crippen LogP contribution in [0.3, 0.4) is 0 Å². The lowest BCUT2D eigenvalue weighted by Crippen LogP contribution is -2.34. The Balaban J connectivity index is 1.90. The zero-order chi connectivity index (χ0) is 16.8. The largest absolute Gasteiger partial charge is 0.452 e. The molecule has 118 valence electrons. The molecular formula is C18H17NO4. The van der Waals surface area contributed by atoms with Crippen LogP contribution in [0.25, 0.3) is 0 Å². The molecule has 0 aliphatic carbocycles. The van der Waals surface area contributed by atoms with Crippen LogP contribution in [0.5, 0.6) is 0 Å². The Morgan fingerprint density at radius 2 is 1.70 bits per heavy atom. The highest BCUT2D eigenvalue weighted by Gasteiger charge is 2.15. The van der Waals surface area contributed by atoms with Crippen molar-refractivity contribution in [2.45, 2.75) is 13.8 Å². The smallest absolute Gasteiger partial charge is 0.338 e. The highest BCUT2D eigenvalue weighted by molar-refractivity contribution is 6.05. The van der Waals surface area contributed by atoms with Gasteiger partial charge < -0.3 is 4.74 Å². The van der Waals surface area contributed by atoms with Gasteiger partial charge in [-0.25, -0.2) is 4.79 Å². The molecule has 0 aliphatic heterocycles. The summed E-state index contributed by atoms with van der Waals surface area (Å²) < 4.78 is 4.96. The minimum atomic E-state index is -0.669. The van der Waals surface area contributed by atoms with Gasteiger partial charge in [0.15, 0.2) is 6.61 Å². The molecule has 2 rings (SSSR count). The molecule has 1 N–H and O–H groups in total. The minimum absolute atomic E-state index is 0.363. The van der Waals surface area contributed by atoms with Gasteiger partial charge in [-0.3, -0.25) is 14.9 Å². The number of hydrogen-bond acceptors (Lipinski definition) is 4. The minimum Gasteiger partial charge on any atom is -0.452 e. The summed E-state index contributed by atoms with van der Waals surface area (Å²) in [5.74, 6) is -1.79. The number of ether oxygens (including phenoxy) is 1. The average Bonchev–Trinajstić information content (AvgIpc) is 2.55. The predicted octanol–water partition coefficient (Wildman–Crippen LogP) is 2.42. The summed E-state index contributed by atoms with van der Waals surface area (Å²) in [5.41, 5.74) is 2.46. The summed E-state index contributed by atoms with van der Waals surface area (Å²) in [4.78, 5) is 35.5. The Morgan fingerprint density at radius 3 is 2.39 bits per heavy atom. The van der Waals surface area contributed by atoms with E-state index in [-0.39, 0.29) is 0 Å². The van der Waals surface area contributed by atoms with Gasteiger partial charge in [-0.15, -0.1) is 0 Å². The molecule has 0 aromatic heterocycles. The maximum absolute atomic E-state index is 12.0. The molecule has 0 aliphatic rings. The molecule has 23 heavy (non-hydrogen) atoms. The number of aryl methyl sites for hydroxylation is 2. The van der Waals surface area contributed by atoms with Crippen molar-refractivity contribution < 1.29 is 19.1 Å². The zero-order valence-electron chi connectivity index (χ0n) is 13.0. The summed E-state index contributed by atoms with van der Waals surface area (Å²) in [6.07, 6.45) is 0. The first-order chi connectivity index (χ1) is 11.0. The van der Waals surface area contributed by atoms with Crippen molar-refractivity contribution in [3.05, 3.63) is 70.8 Å². The van der Waals surface area contributed by atoms with E-state index in [4.69, 9.17) is 4.74 Å². The van der Waals surface area contributed by atoms with E-state index in [0.717, 1.165) is 11.1 Å². The standard InChI is InChI=1S/C18H17NO4/c1-12-8-9-13(2)15(10-12)18(22)23-11-16(20)19-17(21)14-6-4-3-5-7-14/h3-10H,11H2,1-2H3,(H,19,20,21). The highest BCUT2D eigenvalue weighted by atomic mass is 16.5. The van der Waals surface area contributed by atoms with Crippen LogP contribution >= 0.6 is 0 Å². The number of benzene rings is 2. The molecule has 0 atom stereocenters. The quantitative estimate of drug-likeness (QED) is 0.880. The van der Waals surface area contributed by atoms with Crippen LogP contribution in [0.1, 0.15) is 31.8 Å². The number of rotatable bonds is 4. The number of nitrogens with one attached hydrogen (secondary N) is 1. The van der Waals surface area contributed by atoms with Crippen LogP contribution in [-0.2, 0) is 9.53 Å². The van der Waals surface area contributed by atoms with Gasteiger partial charge in [0.1, 0.15) is 0 Å². The van der Waals surface area contributed by atoms with Crippen LogP contribution in [0, 0.1) is 13.8 Å². The molecule has 5 nitrogen and oxygen atoms in total. The maximum Gasteiger partial charge on any atom is 0.338 e. The van der Waals surface area contributed by atoms with Crippen molar-refractivity contribution in [1.82, 2.24) is 5.32 Å². The van der Waals surface area contributed by atoms with Gasteiger partial charge in [0.2, 0.25) is 0 Å². The van der Waals surface area contributed by atoms with Crippen molar-refractivity contribution in [3.63, 3.8) is 0 Å². The molecular weight excluding hydrogens is 294 g/mol. The number of esters is 1. The van der Waals surface area contributed by atoms with E-state index in [1.807, 2.05) is 19.1 Å². The molecule has 0 spiro atoms. The zero-order valence-corrected chi connectivity index (χ0v) is 13.0. The molecule has 2 aromatic rings. The van der Waals surface area contributed by atoms with Crippen molar-refractivity contribution in [2.75, 3.05) is 6.61 Å². The molecule has 2 amide bonds. The van der Waals surface area contributed by atoms with E-state index in [1.165, 1.54) is 0 Å². The molecule has 0 fully saturated rings. The van der Waals surface area contributed by atoms with Gasteiger partial charge in [-0.05, 0) is 37.6 Å². The molecule has 5 heteroatoms. The van der Waals surface area contributed by atoms with Crippen molar-refractivity contribution >= 4 is 17.8 Å². The normalized spacial score (nSPS) is 10.0. The van der Waals surface area contributed by atoms with Crippen molar-refractivity contribution in [1.29, 1.82) is 0 Å². The van der Waals surface area contributed by atoms with Crippen molar-refractivity contribution in [3.8, 4) is 0 Å². The van der Waals surface area contributed by atoms with Crippen LogP contribution in [0.2, 0.25) is 0 Å². The van der Waals surface area contributed by atoms with E-state index >= 15 is 0 Å². The van der Waals surface area contributed by atoms with Crippen LogP contribution in [-0.4, -0.2) is 24.4 Å². The lowest BCUT2D eigenvalue weighted by molar-refractivity contribution is -0.123. The lowest BCUT2D eigenvalue weighted by atomic mass is 10.1. The fraction of sp³-hybridized carbons (Fsp3) is 0.167. The Kier molecular flexibility index (Phi) is 5.25. The van der Waals surface area contributed by atoms with E-state index in [1.54, 1.807) is 43.3 Å². The Hall–Kier alpha value is -2.95. The highest BCUT2D eigenvalue weighted by Crippen LogP contribution is 2.11. The van der Waals surface area contributed by atoms with Crippen LogP contribution in [0.4, 0.5) is 0 Å². The number of hydrogen-bond donors (Lipinski definition) is 1. The molecule has 2 aromatic carbocycles. The average molecular weight is 311 g/mol. The SMILES string of the molecule is Cc1ccc(C)c(C(=O)OCC(=O)NC(=O)c2ccccc2)c1. The summed E-state index contributed by atoms with van der Waals surface area (Å²) in [6.45, 7) is 3.14. The number of amides is 2. The molecule has 0 unspecified atom stereocenters. The monoisotopic (exact) mass is 311 g/mol. The molecule has 0 saturated heterocycles. The van der Waals surface area contributed by atoms with Gasteiger partial charge in [0.05, 0.1) is 5.56 Å². The molecule has 0 saturated carbocycles. The topological polar surface area (TPSA) is 72.5 Å². The van der Waals surface area contributed by atoms with E-state index in [9.17, 15) is 14.4 Å². The first kappa shape index (κ1) is 16.4. The number of carbonyl (C=O) groups excluding carboxylic acids is 3. The summed E-state index contributed by atoms with van der Waals surface area (Å²) >= 11 is 0. The lowest BCUT2D eigenvalue weighted by Gasteiger charge is -2.08. The Morgan fingerprint density at radius 1 is 1.00 bits per heavy atom. The summed E-state index contributed by atoms with van der Waals surface area (Å²) in [6, 6.07) is 13.7. The van der Waals surface area contributed by atoms with Crippen LogP contribution < -0.4 is 5.32 Å². The molecule has 0 bridgehead atoms. The summed E-state index contributed by atoms with van der Waals surface area (Å²) in [5, 5.41) is 2.17. The third kappa shape index (κ3) is 4.51. The fourth-order valence-electron chi connectivity index (χ4n) is 1.99. The number of carbonyl (C=O) groups is 3. The second kappa shape index (κ2) is 7.35. The van der Waals surface area contributed by atoms with Gasteiger partial charge in [-0.2, -0.15) is 0 Å². The maximum atomic E-state index is 12.0. The fourth-order valence-corrected chi connectivity index (χ4v) is 1.99. The van der Waals surface area contributed by atoms with Gasteiger partial charge in [-0.1, -0.05) is 35.9 Å². The third-order valence-electron chi connectivity index (χ3n) is 3.24. The van der Waals surface area contributed by atoms with E-state index in [2.05, 4.69) is 5.32 Å². The summed E-state index contributed by atoms with van der Waals surface area (Å²) in [7, 11) is 0. The van der Waals surface area contributed by atoms with E-state index in [0.29, 0.717) is 11.1 Å². The second-order valence-electron chi connectivity index (χ2n) is 5.14. The first-order valence-electron chi connectivity index (χ1n) is 7.11. The molecule has 0 radical (unpaired) electrons. The van der Waals surface area contributed by atoms with Gasteiger partial charge >= 0.3 is 5.97 Å². The Bertz CT molecular complexity index is 738. The van der Waals surface area contributed by atoms with Crippen molar-refractivity contribution in [2.24, 2.45) is 0 Å². The second-order valence-corrected chi connectivity index (χ2v) is 5.14. The predicted molar refractivity (Wildman–Crippen MR) is 85.1 cm³/mol. The van der Waals surface area contributed by atoms with Gasteiger partial charge in [0.25, 0.3) is 11.8 Å². The third-order valence-corrected chi connectivity index (χ3v) is 3.24. The van der Waals surface area contributed by atoms with E-state index < -0.39 is 24.4 Å². The first-order valence-corrected chi connectivity index (χ1v) is 7.11. The van der Waals surface area contributed by atoms with Gasteiger partial charge in [0, 0.05) is 5.56 Å². The number of imide groups is 1. The van der Waals surface area contributed by atoms with Crippen LogP contribution in [0.15, 0.2) is 48.5 Å². The Labute approximate surface area is 134 Å². The molecule has 0 heterocycles.